The van der Waals surface area contributed by atoms with E-state index in [-0.39, 0.29) is 0 Å². The van der Waals surface area contributed by atoms with Crippen molar-refractivity contribution in [1.82, 2.24) is 15.2 Å². The van der Waals surface area contributed by atoms with Gasteiger partial charge in [-0.05, 0) is 19.3 Å². The molecule has 1 aromatic rings. The summed E-state index contributed by atoms with van der Waals surface area (Å²) >= 11 is 0. The van der Waals surface area contributed by atoms with Gasteiger partial charge in [-0.25, -0.2) is 4.98 Å². The number of H-pyrrole nitrogens is 1. The van der Waals surface area contributed by atoms with Crippen LogP contribution in [0.1, 0.15) is 69.4 Å². The second kappa shape index (κ2) is 4.11. The van der Waals surface area contributed by atoms with Gasteiger partial charge in [0.15, 0.2) is 5.82 Å². The zero-order valence-electron chi connectivity index (χ0n) is 9.08. The number of nitrogens with zero attached hydrogens (tertiary/aromatic N) is 2. The van der Waals surface area contributed by atoms with E-state index >= 15 is 0 Å². The molecule has 0 aromatic carbocycles. The number of rotatable bonds is 3. The van der Waals surface area contributed by atoms with Crippen LogP contribution in [0.5, 0.6) is 0 Å². The average molecular weight is 193 g/mol. The molecule has 1 N–H and O–H groups in total. The zero-order valence-corrected chi connectivity index (χ0v) is 9.08. The van der Waals surface area contributed by atoms with Crippen LogP contribution in [0.3, 0.4) is 0 Å². The van der Waals surface area contributed by atoms with Crippen molar-refractivity contribution in [3.63, 3.8) is 0 Å². The normalized spacial score (nSPS) is 20.1. The third-order valence-corrected chi connectivity index (χ3v) is 3.32. The first-order chi connectivity index (χ1) is 6.81. The van der Waals surface area contributed by atoms with E-state index in [9.17, 15) is 0 Å². The summed E-state index contributed by atoms with van der Waals surface area (Å²) in [7, 11) is 0. The fourth-order valence-electron chi connectivity index (χ4n) is 2.07. The van der Waals surface area contributed by atoms with Crippen LogP contribution in [0.25, 0.3) is 0 Å². The molecule has 2 rings (SSSR count). The van der Waals surface area contributed by atoms with Crippen molar-refractivity contribution in [3.8, 4) is 0 Å². The van der Waals surface area contributed by atoms with Crippen LogP contribution < -0.4 is 0 Å². The molecule has 0 radical (unpaired) electrons. The Labute approximate surface area is 85.3 Å². The van der Waals surface area contributed by atoms with Crippen LogP contribution in [-0.2, 0) is 0 Å². The summed E-state index contributed by atoms with van der Waals surface area (Å²) in [6.07, 6.45) is 6.39. The van der Waals surface area contributed by atoms with Crippen molar-refractivity contribution in [2.24, 2.45) is 0 Å². The largest absolute Gasteiger partial charge is 0.263 e. The predicted molar refractivity (Wildman–Crippen MR) is 56.3 cm³/mol. The maximum absolute atomic E-state index is 4.60. The molecule has 1 aliphatic carbocycles. The third kappa shape index (κ3) is 1.81. The summed E-state index contributed by atoms with van der Waals surface area (Å²) in [5.41, 5.74) is 0. The Morgan fingerprint density at radius 1 is 1.43 bits per heavy atom. The second-order valence-corrected chi connectivity index (χ2v) is 4.37. The maximum atomic E-state index is 4.60. The van der Waals surface area contributed by atoms with Gasteiger partial charge in [0.25, 0.3) is 0 Å². The summed E-state index contributed by atoms with van der Waals surface area (Å²) in [6, 6.07) is 0. The van der Waals surface area contributed by atoms with Gasteiger partial charge in [-0.15, -0.1) is 0 Å². The highest BCUT2D eigenvalue weighted by atomic mass is 15.2. The monoisotopic (exact) mass is 193 g/mol. The highest BCUT2D eigenvalue weighted by Gasteiger charge is 2.21. The molecule has 1 aliphatic rings. The van der Waals surface area contributed by atoms with Crippen molar-refractivity contribution in [1.29, 1.82) is 0 Å². The van der Waals surface area contributed by atoms with E-state index in [1.54, 1.807) is 0 Å². The SMILES string of the molecule is CCC(C)c1n[nH]c(C2CCCC2)n1. The lowest BCUT2D eigenvalue weighted by Gasteiger charge is -2.03. The minimum atomic E-state index is 0.487. The highest BCUT2D eigenvalue weighted by Crippen LogP contribution is 2.32. The van der Waals surface area contributed by atoms with E-state index in [1.165, 1.54) is 25.7 Å². The van der Waals surface area contributed by atoms with Crippen molar-refractivity contribution >= 4 is 0 Å². The summed E-state index contributed by atoms with van der Waals surface area (Å²) in [6.45, 7) is 4.36. The standard InChI is InChI=1S/C11H19N3/c1-3-8(2)10-12-11(14-13-10)9-6-4-5-7-9/h8-9H,3-7H2,1-2H3,(H,12,13,14). The Morgan fingerprint density at radius 2 is 2.14 bits per heavy atom. The molecule has 1 heterocycles. The van der Waals surface area contributed by atoms with E-state index in [2.05, 4.69) is 29.0 Å². The van der Waals surface area contributed by atoms with Gasteiger partial charge in [0.2, 0.25) is 0 Å². The van der Waals surface area contributed by atoms with Gasteiger partial charge in [-0.2, -0.15) is 5.10 Å². The number of hydrogen-bond acceptors (Lipinski definition) is 2. The fourth-order valence-corrected chi connectivity index (χ4v) is 2.07. The van der Waals surface area contributed by atoms with Gasteiger partial charge in [0.1, 0.15) is 5.82 Å². The lowest BCUT2D eigenvalue weighted by atomic mass is 10.1. The van der Waals surface area contributed by atoms with E-state index < -0.39 is 0 Å². The van der Waals surface area contributed by atoms with E-state index in [4.69, 9.17) is 0 Å². The molecule has 0 saturated heterocycles. The van der Waals surface area contributed by atoms with Gasteiger partial charge in [-0.1, -0.05) is 26.7 Å². The van der Waals surface area contributed by atoms with Gasteiger partial charge in [0, 0.05) is 11.8 Å². The first kappa shape index (κ1) is 9.69. The van der Waals surface area contributed by atoms with Crippen molar-refractivity contribution in [3.05, 3.63) is 11.6 Å². The molecule has 3 nitrogen and oxygen atoms in total. The third-order valence-electron chi connectivity index (χ3n) is 3.32. The minimum absolute atomic E-state index is 0.487. The van der Waals surface area contributed by atoms with Crippen LogP contribution in [-0.4, -0.2) is 15.2 Å². The second-order valence-electron chi connectivity index (χ2n) is 4.37. The molecule has 1 fully saturated rings. The highest BCUT2D eigenvalue weighted by molar-refractivity contribution is 5.02. The lowest BCUT2D eigenvalue weighted by Crippen LogP contribution is -1.96. The van der Waals surface area contributed by atoms with Gasteiger partial charge in [-0.3, -0.25) is 5.10 Å². The Morgan fingerprint density at radius 3 is 2.79 bits per heavy atom. The number of hydrogen-bond donors (Lipinski definition) is 1. The molecular formula is C11H19N3. The van der Waals surface area contributed by atoms with Crippen LogP contribution in [0, 0.1) is 0 Å². The van der Waals surface area contributed by atoms with E-state index in [0.29, 0.717) is 11.8 Å². The molecular weight excluding hydrogens is 174 g/mol. The first-order valence-electron chi connectivity index (χ1n) is 5.73. The van der Waals surface area contributed by atoms with E-state index in [0.717, 1.165) is 18.1 Å². The van der Waals surface area contributed by atoms with Crippen LogP contribution in [0.15, 0.2) is 0 Å². The van der Waals surface area contributed by atoms with E-state index in [1.807, 2.05) is 0 Å². The average Bonchev–Trinajstić information content (AvgIpc) is 2.86. The summed E-state index contributed by atoms with van der Waals surface area (Å²) in [5.74, 6) is 3.26. The van der Waals surface area contributed by atoms with Crippen LogP contribution in [0.4, 0.5) is 0 Å². The molecule has 1 saturated carbocycles. The van der Waals surface area contributed by atoms with Crippen LogP contribution in [0.2, 0.25) is 0 Å². The van der Waals surface area contributed by atoms with Crippen LogP contribution >= 0.6 is 0 Å². The van der Waals surface area contributed by atoms with Crippen molar-refractivity contribution in [2.75, 3.05) is 0 Å². The number of nitrogens with one attached hydrogen (secondary N) is 1. The topological polar surface area (TPSA) is 41.6 Å². The van der Waals surface area contributed by atoms with Gasteiger partial charge >= 0.3 is 0 Å². The van der Waals surface area contributed by atoms with Gasteiger partial charge in [0.05, 0.1) is 0 Å². The number of aromatic nitrogens is 3. The lowest BCUT2D eigenvalue weighted by molar-refractivity contribution is 0.663. The smallest absolute Gasteiger partial charge is 0.153 e. The molecule has 14 heavy (non-hydrogen) atoms. The number of aromatic amines is 1. The molecule has 78 valence electrons. The zero-order chi connectivity index (χ0) is 9.97. The Hall–Kier alpha value is -0.860. The minimum Gasteiger partial charge on any atom is -0.263 e. The van der Waals surface area contributed by atoms with Gasteiger partial charge < -0.3 is 0 Å². The summed E-state index contributed by atoms with van der Waals surface area (Å²) < 4.78 is 0. The summed E-state index contributed by atoms with van der Waals surface area (Å²) in [5, 5.41) is 7.40. The molecule has 0 bridgehead atoms. The predicted octanol–water partition coefficient (Wildman–Crippen LogP) is 2.98. The first-order valence-corrected chi connectivity index (χ1v) is 5.73. The molecule has 1 aromatic heterocycles. The quantitative estimate of drug-likeness (QED) is 0.801. The molecule has 0 aliphatic heterocycles. The fraction of sp³-hybridized carbons (Fsp3) is 0.818. The Bertz CT molecular complexity index is 286. The van der Waals surface area contributed by atoms with Crippen molar-refractivity contribution in [2.45, 2.75) is 57.8 Å². The van der Waals surface area contributed by atoms with Crippen molar-refractivity contribution < 1.29 is 0 Å². The molecule has 0 amide bonds. The molecule has 3 heteroatoms. The summed E-state index contributed by atoms with van der Waals surface area (Å²) in [4.78, 5) is 4.60. The Kier molecular flexibility index (Phi) is 2.85. The molecule has 1 atom stereocenters. The molecule has 0 spiro atoms. The molecule has 1 unspecified atom stereocenters. The Balaban J connectivity index is 2.08. The maximum Gasteiger partial charge on any atom is 0.153 e.